The van der Waals surface area contributed by atoms with Gasteiger partial charge in [0.1, 0.15) is 5.75 Å². The predicted molar refractivity (Wildman–Crippen MR) is 75.8 cm³/mol. The van der Waals surface area contributed by atoms with Crippen molar-refractivity contribution in [1.29, 1.82) is 0 Å². The number of amides is 1. The van der Waals surface area contributed by atoms with Crippen molar-refractivity contribution >= 4 is 12.0 Å². The third-order valence-electron chi connectivity index (χ3n) is 2.34. The lowest BCUT2D eigenvalue weighted by atomic mass is 10.2. The van der Waals surface area contributed by atoms with Gasteiger partial charge in [-0.15, -0.1) is 0 Å². The molecule has 0 saturated carbocycles. The molecular weight excluding hydrogens is 242 g/mol. The van der Waals surface area contributed by atoms with Gasteiger partial charge in [0.2, 0.25) is 5.91 Å². The summed E-state index contributed by atoms with van der Waals surface area (Å²) in [5.41, 5.74) is 0.949. The maximum Gasteiger partial charge on any atom is 0.244 e. The van der Waals surface area contributed by atoms with Crippen LogP contribution in [0.5, 0.6) is 5.75 Å². The number of ether oxygens (including phenoxy) is 2. The molecule has 1 N–H and O–H groups in total. The summed E-state index contributed by atoms with van der Waals surface area (Å²) in [4.78, 5) is 11.5. The molecule has 19 heavy (non-hydrogen) atoms. The minimum Gasteiger partial charge on any atom is -0.468 e. The van der Waals surface area contributed by atoms with Crippen LogP contribution in [0.2, 0.25) is 0 Å². The highest BCUT2D eigenvalue weighted by molar-refractivity contribution is 5.91. The fourth-order valence-electron chi connectivity index (χ4n) is 1.34. The minimum absolute atomic E-state index is 0.0755. The van der Waals surface area contributed by atoms with E-state index < -0.39 is 0 Å². The molecular formula is C15H21NO3. The van der Waals surface area contributed by atoms with E-state index in [0.717, 1.165) is 11.3 Å². The lowest BCUT2D eigenvalue weighted by molar-refractivity contribution is -0.116. The molecule has 1 amide bonds. The van der Waals surface area contributed by atoms with Crippen LogP contribution in [0.4, 0.5) is 0 Å². The molecule has 0 aliphatic carbocycles. The number of nitrogens with one attached hydrogen (secondary N) is 1. The molecule has 0 bridgehead atoms. The van der Waals surface area contributed by atoms with Crippen molar-refractivity contribution < 1.29 is 14.3 Å². The summed E-state index contributed by atoms with van der Waals surface area (Å²) in [7, 11) is 1.58. The first-order chi connectivity index (χ1) is 9.11. The molecule has 0 radical (unpaired) electrons. The average Bonchev–Trinajstić information content (AvgIpc) is 2.41. The molecule has 0 saturated heterocycles. The first-order valence-corrected chi connectivity index (χ1v) is 6.29. The number of carbonyl (C=O) groups is 1. The molecule has 0 spiro atoms. The Kier molecular flexibility index (Phi) is 6.68. The first-order valence-electron chi connectivity index (χ1n) is 6.29. The van der Waals surface area contributed by atoms with Crippen molar-refractivity contribution in [3.8, 4) is 5.75 Å². The summed E-state index contributed by atoms with van der Waals surface area (Å²) in [5.74, 6) is 1.12. The number of hydrogen-bond donors (Lipinski definition) is 1. The summed E-state index contributed by atoms with van der Waals surface area (Å²) in [5, 5.41) is 2.82. The lowest BCUT2D eigenvalue weighted by Crippen LogP contribution is -2.25. The highest BCUT2D eigenvalue weighted by Crippen LogP contribution is 2.13. The van der Waals surface area contributed by atoms with Crippen LogP contribution in [-0.4, -0.2) is 26.4 Å². The fourth-order valence-corrected chi connectivity index (χ4v) is 1.34. The van der Waals surface area contributed by atoms with E-state index in [1.807, 2.05) is 24.3 Å². The van der Waals surface area contributed by atoms with E-state index in [9.17, 15) is 4.79 Å². The van der Waals surface area contributed by atoms with E-state index in [4.69, 9.17) is 9.47 Å². The van der Waals surface area contributed by atoms with Crippen LogP contribution in [-0.2, 0) is 9.53 Å². The average molecular weight is 263 g/mol. The Balaban J connectivity index is 2.45. The fraction of sp³-hybridized carbons (Fsp3) is 0.400. The molecule has 4 heteroatoms. The quantitative estimate of drug-likeness (QED) is 0.607. The van der Waals surface area contributed by atoms with Crippen LogP contribution in [0.3, 0.4) is 0 Å². The van der Waals surface area contributed by atoms with Crippen LogP contribution in [0.1, 0.15) is 19.4 Å². The molecule has 4 nitrogen and oxygen atoms in total. The third kappa shape index (κ3) is 6.62. The van der Waals surface area contributed by atoms with Crippen LogP contribution in [0.25, 0.3) is 6.08 Å². The number of rotatable bonds is 7. The second kappa shape index (κ2) is 8.32. The smallest absolute Gasteiger partial charge is 0.244 e. The molecule has 1 aromatic carbocycles. The van der Waals surface area contributed by atoms with Gasteiger partial charge in [-0.1, -0.05) is 26.0 Å². The lowest BCUT2D eigenvalue weighted by Gasteiger charge is -2.05. The van der Waals surface area contributed by atoms with E-state index >= 15 is 0 Å². The van der Waals surface area contributed by atoms with Gasteiger partial charge in [-0.3, -0.25) is 4.79 Å². The van der Waals surface area contributed by atoms with Gasteiger partial charge in [0.05, 0.1) is 0 Å². The zero-order valence-electron chi connectivity index (χ0n) is 11.7. The number of benzene rings is 1. The Morgan fingerprint density at radius 3 is 2.58 bits per heavy atom. The second-order valence-electron chi connectivity index (χ2n) is 4.59. The minimum atomic E-state index is -0.0755. The van der Waals surface area contributed by atoms with Crippen molar-refractivity contribution in [3.63, 3.8) is 0 Å². The third-order valence-corrected chi connectivity index (χ3v) is 2.34. The van der Waals surface area contributed by atoms with E-state index in [-0.39, 0.29) is 12.7 Å². The predicted octanol–water partition coefficient (Wildman–Crippen LogP) is 2.45. The summed E-state index contributed by atoms with van der Waals surface area (Å²) >= 11 is 0. The standard InChI is InChI=1S/C15H21NO3/c1-12(2)10-16-15(17)9-6-13-4-7-14(8-5-13)19-11-18-3/h4-9,12H,10-11H2,1-3H3,(H,16,17). The molecule has 0 aromatic heterocycles. The highest BCUT2D eigenvalue weighted by Gasteiger charge is 1.97. The van der Waals surface area contributed by atoms with Gasteiger partial charge in [-0.25, -0.2) is 0 Å². The zero-order valence-corrected chi connectivity index (χ0v) is 11.7. The first kappa shape index (κ1) is 15.2. The Morgan fingerprint density at radius 1 is 1.32 bits per heavy atom. The molecule has 1 rings (SSSR count). The second-order valence-corrected chi connectivity index (χ2v) is 4.59. The highest BCUT2D eigenvalue weighted by atomic mass is 16.7. The molecule has 1 aromatic rings. The summed E-state index contributed by atoms with van der Waals surface area (Å²) in [6, 6.07) is 7.45. The molecule has 0 fully saturated rings. The Hall–Kier alpha value is -1.81. The Labute approximate surface area is 114 Å². The Morgan fingerprint density at radius 2 is 2.00 bits per heavy atom. The van der Waals surface area contributed by atoms with Crippen molar-refractivity contribution in [2.24, 2.45) is 5.92 Å². The van der Waals surface area contributed by atoms with Crippen molar-refractivity contribution in [2.45, 2.75) is 13.8 Å². The van der Waals surface area contributed by atoms with Gasteiger partial charge in [0, 0.05) is 19.7 Å². The van der Waals surface area contributed by atoms with Gasteiger partial charge >= 0.3 is 0 Å². The topological polar surface area (TPSA) is 47.6 Å². The SMILES string of the molecule is COCOc1ccc(C=CC(=O)NCC(C)C)cc1. The molecule has 0 aliphatic heterocycles. The molecule has 0 atom stereocenters. The summed E-state index contributed by atoms with van der Waals surface area (Å²) in [6.45, 7) is 5.03. The monoisotopic (exact) mass is 263 g/mol. The summed E-state index contributed by atoms with van der Waals surface area (Å²) < 4.78 is 10.1. The van der Waals surface area contributed by atoms with Crippen molar-refractivity contribution in [1.82, 2.24) is 5.32 Å². The Bertz CT molecular complexity index is 410. The van der Waals surface area contributed by atoms with E-state index in [1.54, 1.807) is 13.2 Å². The molecule has 0 heterocycles. The van der Waals surface area contributed by atoms with Gasteiger partial charge in [-0.05, 0) is 29.7 Å². The number of carbonyl (C=O) groups excluding carboxylic acids is 1. The molecule has 104 valence electrons. The van der Waals surface area contributed by atoms with Gasteiger partial charge < -0.3 is 14.8 Å². The normalized spacial score (nSPS) is 10.9. The molecule has 0 aliphatic rings. The number of methoxy groups -OCH3 is 1. The summed E-state index contributed by atoms with van der Waals surface area (Å²) in [6.07, 6.45) is 3.31. The van der Waals surface area contributed by atoms with Crippen LogP contribution in [0.15, 0.2) is 30.3 Å². The van der Waals surface area contributed by atoms with Crippen molar-refractivity contribution in [2.75, 3.05) is 20.4 Å². The number of hydrogen-bond acceptors (Lipinski definition) is 3. The maximum absolute atomic E-state index is 11.5. The maximum atomic E-state index is 11.5. The van der Waals surface area contributed by atoms with Crippen LogP contribution in [0, 0.1) is 5.92 Å². The van der Waals surface area contributed by atoms with Crippen LogP contribution < -0.4 is 10.1 Å². The van der Waals surface area contributed by atoms with E-state index in [1.165, 1.54) is 6.08 Å². The van der Waals surface area contributed by atoms with Crippen LogP contribution >= 0.6 is 0 Å². The van der Waals surface area contributed by atoms with Crippen molar-refractivity contribution in [3.05, 3.63) is 35.9 Å². The largest absolute Gasteiger partial charge is 0.468 e. The zero-order chi connectivity index (χ0) is 14.1. The van der Waals surface area contributed by atoms with Gasteiger partial charge in [0.15, 0.2) is 6.79 Å². The van der Waals surface area contributed by atoms with Gasteiger partial charge in [-0.2, -0.15) is 0 Å². The van der Waals surface area contributed by atoms with Gasteiger partial charge in [0.25, 0.3) is 0 Å². The van der Waals surface area contributed by atoms with E-state index in [2.05, 4.69) is 19.2 Å². The molecule has 0 unspecified atom stereocenters. The van der Waals surface area contributed by atoms with E-state index in [0.29, 0.717) is 12.5 Å².